The molecule has 0 aliphatic heterocycles. The van der Waals surface area contributed by atoms with E-state index in [1.54, 1.807) is 18.2 Å². The van der Waals surface area contributed by atoms with Gasteiger partial charge in [-0.05, 0) is 32.0 Å². The average Bonchev–Trinajstić information content (AvgIpc) is 2.29. The Kier molecular flexibility index (Phi) is 5.28. The summed E-state index contributed by atoms with van der Waals surface area (Å²) in [6, 6.07) is 5.17. The van der Waals surface area contributed by atoms with Gasteiger partial charge in [-0.1, -0.05) is 0 Å². The van der Waals surface area contributed by atoms with Gasteiger partial charge < -0.3 is 15.2 Å². The van der Waals surface area contributed by atoms with E-state index in [-0.39, 0.29) is 5.94 Å². The van der Waals surface area contributed by atoms with Gasteiger partial charge in [0.05, 0.1) is 22.3 Å². The van der Waals surface area contributed by atoms with E-state index in [1.807, 2.05) is 13.8 Å². The van der Waals surface area contributed by atoms with Crippen LogP contribution in [0.4, 0.5) is 5.69 Å². The Bertz CT molecular complexity index is 368. The lowest BCUT2D eigenvalue weighted by Gasteiger charge is -2.09. The summed E-state index contributed by atoms with van der Waals surface area (Å²) in [6.07, 6.45) is 0. The summed E-state index contributed by atoms with van der Waals surface area (Å²) in [5.74, 6) is 0.840. The normalized spacial score (nSPS) is 12.4. The summed E-state index contributed by atoms with van der Waals surface area (Å²) in [5, 5.41) is 0. The molecule has 1 aromatic carbocycles. The van der Waals surface area contributed by atoms with Crippen molar-refractivity contribution in [2.24, 2.45) is 0 Å². The largest absolute Gasteiger partial charge is 0.494 e. The number of nitrogens with two attached hydrogens (primary N) is 1. The number of benzene rings is 1. The molecule has 0 aliphatic rings. The number of rotatable bonds is 6. The van der Waals surface area contributed by atoms with E-state index < -0.39 is 10.8 Å². The molecule has 1 aromatic rings. The lowest BCUT2D eigenvalue weighted by atomic mass is 10.3. The molecule has 0 saturated carbocycles. The van der Waals surface area contributed by atoms with Crippen molar-refractivity contribution in [3.05, 3.63) is 18.2 Å². The Labute approximate surface area is 98.2 Å². The van der Waals surface area contributed by atoms with Crippen LogP contribution in [0.2, 0.25) is 0 Å². The summed E-state index contributed by atoms with van der Waals surface area (Å²) in [7, 11) is -1.24. The first kappa shape index (κ1) is 13.0. The molecule has 0 saturated heterocycles. The molecule has 0 heterocycles. The Balaban J connectivity index is 2.84. The van der Waals surface area contributed by atoms with Crippen molar-refractivity contribution in [1.82, 2.24) is 0 Å². The molecule has 16 heavy (non-hydrogen) atoms. The van der Waals surface area contributed by atoms with Crippen molar-refractivity contribution in [3.8, 4) is 5.75 Å². The highest BCUT2D eigenvalue weighted by molar-refractivity contribution is 7.85. The molecule has 2 N–H and O–H groups in total. The first-order valence-corrected chi connectivity index (χ1v) is 6.49. The molecule has 0 fully saturated rings. The molecule has 0 amide bonds. The van der Waals surface area contributed by atoms with Crippen molar-refractivity contribution >= 4 is 16.5 Å². The van der Waals surface area contributed by atoms with E-state index in [1.165, 1.54) is 0 Å². The van der Waals surface area contributed by atoms with Gasteiger partial charge >= 0.3 is 0 Å². The molecular formula is C11H17NO3S. The Morgan fingerprint density at radius 1 is 1.31 bits per heavy atom. The van der Waals surface area contributed by atoms with Crippen LogP contribution in [0.5, 0.6) is 5.75 Å². The lowest BCUT2D eigenvalue weighted by Crippen LogP contribution is -2.05. The van der Waals surface area contributed by atoms with E-state index in [4.69, 9.17) is 15.2 Å². The Morgan fingerprint density at radius 3 is 2.69 bits per heavy atom. The fourth-order valence-corrected chi connectivity index (χ4v) is 2.21. The summed E-state index contributed by atoms with van der Waals surface area (Å²) in [6.45, 7) is 4.86. The van der Waals surface area contributed by atoms with Crippen LogP contribution in [-0.4, -0.2) is 23.4 Å². The van der Waals surface area contributed by atoms with Crippen LogP contribution in [-0.2, 0) is 15.5 Å². The second kappa shape index (κ2) is 6.50. The van der Waals surface area contributed by atoms with Gasteiger partial charge in [0.25, 0.3) is 0 Å². The molecule has 1 rings (SSSR count). The minimum absolute atomic E-state index is 0.163. The third-order valence-corrected chi connectivity index (χ3v) is 3.16. The van der Waals surface area contributed by atoms with Gasteiger partial charge in [-0.15, -0.1) is 0 Å². The monoisotopic (exact) mass is 243 g/mol. The highest BCUT2D eigenvalue weighted by atomic mass is 32.2. The Hall–Kier alpha value is -1.07. The van der Waals surface area contributed by atoms with E-state index in [9.17, 15) is 4.21 Å². The van der Waals surface area contributed by atoms with Crippen molar-refractivity contribution in [1.29, 1.82) is 0 Å². The third kappa shape index (κ3) is 3.50. The van der Waals surface area contributed by atoms with Gasteiger partial charge in [-0.25, -0.2) is 0 Å². The second-order valence-electron chi connectivity index (χ2n) is 3.09. The molecule has 0 aliphatic carbocycles. The highest BCUT2D eigenvalue weighted by Gasteiger charge is 2.09. The zero-order chi connectivity index (χ0) is 12.0. The molecule has 90 valence electrons. The van der Waals surface area contributed by atoms with Gasteiger partial charge in [-0.3, -0.25) is 4.21 Å². The van der Waals surface area contributed by atoms with Gasteiger partial charge in [0, 0.05) is 12.3 Å². The van der Waals surface area contributed by atoms with Crippen LogP contribution in [0.3, 0.4) is 0 Å². The molecule has 0 bridgehead atoms. The maximum absolute atomic E-state index is 11.8. The number of anilines is 1. The first-order valence-electron chi connectivity index (χ1n) is 5.17. The van der Waals surface area contributed by atoms with Gasteiger partial charge in [-0.2, -0.15) is 0 Å². The number of nitrogen functional groups attached to an aromatic ring is 1. The minimum Gasteiger partial charge on any atom is -0.494 e. The molecule has 5 heteroatoms. The minimum atomic E-state index is -1.24. The third-order valence-electron chi connectivity index (χ3n) is 1.94. The highest BCUT2D eigenvalue weighted by Crippen LogP contribution is 2.23. The van der Waals surface area contributed by atoms with Crippen molar-refractivity contribution in [3.63, 3.8) is 0 Å². The number of ether oxygens (including phenoxy) is 2. The maximum atomic E-state index is 11.8. The molecule has 1 atom stereocenters. The standard InChI is InChI=1S/C11H17NO3S/c1-3-14-8-16(13)11-7-9(15-4-2)5-6-10(11)12/h5-7H,3-4,8,12H2,1-2H3. The first-order chi connectivity index (χ1) is 7.69. The van der Waals surface area contributed by atoms with Crippen LogP contribution < -0.4 is 10.5 Å². The zero-order valence-electron chi connectivity index (χ0n) is 9.56. The SMILES string of the molecule is CCOCS(=O)c1cc(OCC)ccc1N. The molecule has 0 spiro atoms. The molecular weight excluding hydrogens is 226 g/mol. The lowest BCUT2D eigenvalue weighted by molar-refractivity contribution is 0.196. The van der Waals surface area contributed by atoms with Crippen LogP contribution in [0.1, 0.15) is 13.8 Å². The van der Waals surface area contributed by atoms with Gasteiger partial charge in [0.15, 0.2) is 0 Å². The Morgan fingerprint density at radius 2 is 2.06 bits per heavy atom. The van der Waals surface area contributed by atoms with Crippen LogP contribution in [0.15, 0.2) is 23.1 Å². The average molecular weight is 243 g/mol. The molecule has 4 nitrogen and oxygen atoms in total. The number of hydrogen-bond donors (Lipinski definition) is 1. The van der Waals surface area contributed by atoms with Crippen molar-refractivity contribution in [2.45, 2.75) is 18.7 Å². The van der Waals surface area contributed by atoms with Crippen molar-refractivity contribution in [2.75, 3.05) is 24.9 Å². The van der Waals surface area contributed by atoms with Gasteiger partial charge in [0.1, 0.15) is 11.7 Å². The predicted octanol–water partition coefficient (Wildman–Crippen LogP) is 1.77. The summed E-state index contributed by atoms with van der Waals surface area (Å²) in [4.78, 5) is 0.569. The second-order valence-corrected chi connectivity index (χ2v) is 4.46. The zero-order valence-corrected chi connectivity index (χ0v) is 10.4. The molecule has 1 unspecified atom stereocenters. The maximum Gasteiger partial charge on any atom is 0.126 e. The van der Waals surface area contributed by atoms with E-state index in [0.717, 1.165) is 0 Å². The van der Waals surface area contributed by atoms with Gasteiger partial charge in [0.2, 0.25) is 0 Å². The molecule has 0 radical (unpaired) electrons. The topological polar surface area (TPSA) is 61.5 Å². The fourth-order valence-electron chi connectivity index (χ4n) is 1.19. The fraction of sp³-hybridized carbons (Fsp3) is 0.455. The van der Waals surface area contributed by atoms with Crippen LogP contribution in [0, 0.1) is 0 Å². The smallest absolute Gasteiger partial charge is 0.126 e. The van der Waals surface area contributed by atoms with Crippen molar-refractivity contribution < 1.29 is 13.7 Å². The summed E-state index contributed by atoms with van der Waals surface area (Å²) >= 11 is 0. The number of hydrogen-bond acceptors (Lipinski definition) is 4. The van der Waals surface area contributed by atoms with E-state index in [0.29, 0.717) is 29.5 Å². The van der Waals surface area contributed by atoms with Crippen LogP contribution >= 0.6 is 0 Å². The predicted molar refractivity (Wildman–Crippen MR) is 64.9 cm³/mol. The quantitative estimate of drug-likeness (QED) is 0.773. The molecule has 0 aromatic heterocycles. The van der Waals surface area contributed by atoms with E-state index in [2.05, 4.69) is 0 Å². The summed E-state index contributed by atoms with van der Waals surface area (Å²) < 4.78 is 22.3. The van der Waals surface area contributed by atoms with E-state index >= 15 is 0 Å². The summed E-state index contributed by atoms with van der Waals surface area (Å²) in [5.41, 5.74) is 6.26. The van der Waals surface area contributed by atoms with Crippen LogP contribution in [0.25, 0.3) is 0 Å².